The van der Waals surface area contributed by atoms with Crippen LogP contribution in [0.15, 0.2) is 130 Å². The lowest BCUT2D eigenvalue weighted by molar-refractivity contribution is -0.142. The monoisotopic (exact) mass is 2000 g/mol. The fourth-order valence-corrected chi connectivity index (χ4v) is 14.8. The number of benzene rings is 5. The normalized spacial score (nSPS) is 13.7. The van der Waals surface area contributed by atoms with E-state index in [0.29, 0.717) is 28.0 Å². The van der Waals surface area contributed by atoms with E-state index < -0.39 is 258 Å². The van der Waals surface area contributed by atoms with Crippen LogP contribution in [-0.2, 0) is 98.0 Å². The number of rotatable bonds is 63. The molecule has 5 aromatic rings. The van der Waals surface area contributed by atoms with Gasteiger partial charge in [0.15, 0.2) is 11.9 Å². The molecule has 0 aliphatic carbocycles. The van der Waals surface area contributed by atoms with Crippen LogP contribution in [0.5, 0.6) is 0 Å². The molecule has 0 saturated heterocycles. The third kappa shape index (κ3) is 42.4. The van der Waals surface area contributed by atoms with Gasteiger partial charge in [-0.05, 0) is 156 Å². The Labute approximate surface area is 818 Å². The van der Waals surface area contributed by atoms with E-state index in [-0.39, 0.29) is 112 Å². The number of azo groups is 1. The minimum Gasteiger partial charge on any atom is -0.481 e. The number of guanidine groups is 2. The van der Waals surface area contributed by atoms with Gasteiger partial charge < -0.3 is 133 Å². The zero-order chi connectivity index (χ0) is 106. The number of aliphatic carboxylic acids is 4. The van der Waals surface area contributed by atoms with Crippen LogP contribution in [0.1, 0.15) is 153 Å². The summed E-state index contributed by atoms with van der Waals surface area (Å²) in [4.78, 5) is 248. The number of hydrogen-bond acceptors (Lipinski definition) is 27. The highest BCUT2D eigenvalue weighted by Gasteiger charge is 2.39. The first kappa shape index (κ1) is 117. The van der Waals surface area contributed by atoms with Crippen LogP contribution in [0.2, 0.25) is 0 Å². The molecular formula is C91H129N25O25S. The number of carboxylic acids is 4. The maximum atomic E-state index is 14.8. The number of fused-ring (bicyclic) bond motifs is 1. The summed E-state index contributed by atoms with van der Waals surface area (Å²) in [5, 5.41) is 104. The van der Waals surface area contributed by atoms with Crippen molar-refractivity contribution in [3.63, 3.8) is 0 Å². The van der Waals surface area contributed by atoms with Crippen molar-refractivity contribution in [1.82, 2.24) is 79.8 Å². The standard InChI is InChI=1S/C91H129N25O25S/c1-49(2)45-66(109-87(135)68(47-71(93)117)112-88(136)76(50(3)4)113-83(131)64(36-39-74(121)122)107-81(129)62(105-79(127)59(92)21-15-41-101-90(94)95)34-37-72(118)99-44-43-98-60-23-13-20-58-57(60)19-14-25-70(58)142(139,140)141)85(133)111-69(48-75(123)124)84(132)103-51(5)77(125)104-63(35-38-73(119)120)82(130)110-67(46-52-17-9-8-10-18-52)86(134)106-61(80(128)108-65(89(137)138)24-16-42-102-91(96)97)22-11-12-40-100-78(126)53-26-28-54(29-27-53)114-115-55-30-32-56(33-31-55)116(6)7/h8-10,13-14,17-20,23,25-33,49-51,59,61-69,76,98H,11-12,15-16,21-22,24,34-48,92H2,1-7H3,(H2,93,117)(H,99,118)(H,100,126)(H,103,132)(H,104,125)(H,105,127)(H,106,134)(H,107,129)(H,108,128)(H,109,135)(H,110,130)(H,111,133)(H,112,136)(H,113,131)(H,119,120)(H,121,122)(H,123,124)(H,137,138)(H4,94,95,101)(H4,96,97,102)(H,139,140,141). The van der Waals surface area contributed by atoms with E-state index in [1.54, 1.807) is 80.6 Å². The van der Waals surface area contributed by atoms with Crippen molar-refractivity contribution < 1.29 is 120 Å². The van der Waals surface area contributed by atoms with Crippen molar-refractivity contribution in [3.8, 4) is 0 Å². The van der Waals surface area contributed by atoms with E-state index >= 15 is 0 Å². The number of nitrogens with zero attached hydrogens (tertiary/aromatic N) is 3. The summed E-state index contributed by atoms with van der Waals surface area (Å²) in [7, 11) is -0.805. The summed E-state index contributed by atoms with van der Waals surface area (Å²) in [5.74, 6) is -23.7. The van der Waals surface area contributed by atoms with Crippen LogP contribution in [-0.4, -0.2) is 271 Å². The molecule has 142 heavy (non-hydrogen) atoms. The van der Waals surface area contributed by atoms with Gasteiger partial charge in [-0.25, -0.2) is 4.79 Å². The number of hydrogen-bond donors (Lipinski definition) is 27. The predicted molar refractivity (Wildman–Crippen MR) is 517 cm³/mol. The topological polar surface area (TPSA) is 815 Å². The number of primary amides is 1. The summed E-state index contributed by atoms with van der Waals surface area (Å²) in [6, 6.07) is 9.56. The molecule has 0 aliphatic heterocycles. The highest BCUT2D eigenvalue weighted by molar-refractivity contribution is 7.86. The highest BCUT2D eigenvalue weighted by atomic mass is 32.2. The Morgan fingerprint density at radius 3 is 1.39 bits per heavy atom. The molecule has 0 saturated carbocycles. The smallest absolute Gasteiger partial charge is 0.326 e. The van der Waals surface area contributed by atoms with E-state index in [1.807, 2.05) is 31.1 Å². The molecular weight excluding hydrogens is 1880 g/mol. The molecule has 12 atom stereocenters. The third-order valence-corrected chi connectivity index (χ3v) is 22.6. The van der Waals surface area contributed by atoms with Gasteiger partial charge in [-0.2, -0.15) is 18.6 Å². The van der Waals surface area contributed by atoms with Gasteiger partial charge in [0, 0.05) is 100 Å². The molecule has 0 aliphatic rings. The number of amides is 14. The Bertz CT molecular complexity index is 5410. The van der Waals surface area contributed by atoms with Gasteiger partial charge in [-0.1, -0.05) is 82.3 Å². The average Bonchev–Trinajstić information content (AvgIpc) is 0.783. The number of carbonyl (C=O) groups excluding carboxylic acids is 14. The quantitative estimate of drug-likeness (QED) is 0.00714. The van der Waals surface area contributed by atoms with E-state index in [0.717, 1.165) is 12.6 Å². The van der Waals surface area contributed by atoms with Gasteiger partial charge >= 0.3 is 23.9 Å². The van der Waals surface area contributed by atoms with Crippen LogP contribution in [0.3, 0.4) is 0 Å². The van der Waals surface area contributed by atoms with Gasteiger partial charge in [-0.15, -0.1) is 0 Å². The molecule has 51 heteroatoms. The molecule has 0 fully saturated rings. The molecule has 0 radical (unpaired) electrons. The summed E-state index contributed by atoms with van der Waals surface area (Å²) in [6.45, 7) is 7.18. The first-order chi connectivity index (χ1) is 67.0. The zero-order valence-corrected chi connectivity index (χ0v) is 80.4. The summed E-state index contributed by atoms with van der Waals surface area (Å²) < 4.78 is 33.9. The first-order valence-corrected chi connectivity index (χ1v) is 47.0. The fourth-order valence-electron chi connectivity index (χ4n) is 14.1. The number of nitrogens with two attached hydrogens (primary N) is 4. The van der Waals surface area contributed by atoms with Gasteiger partial charge in [0.2, 0.25) is 76.8 Å². The molecule has 0 bridgehead atoms. The Morgan fingerprint density at radius 1 is 0.408 bits per heavy atom. The van der Waals surface area contributed by atoms with Gasteiger partial charge in [0.25, 0.3) is 16.0 Å². The van der Waals surface area contributed by atoms with Gasteiger partial charge in [0.1, 0.15) is 71.4 Å². The third-order valence-electron chi connectivity index (χ3n) is 21.6. The Balaban J connectivity index is 1.31. The molecule has 5 rings (SSSR count). The lowest BCUT2D eigenvalue weighted by Gasteiger charge is -2.29. The SMILES string of the molecule is CC(C)CC(NC(=O)C(CC(N)=O)NC(=O)C(NC(=O)C(CCC(=O)O)NC(=O)C(CCC(=O)NCCNc1cccc2c(S(=O)(=O)O)cccc12)NC(=O)C(N)CCCNC(=N)N)C(C)C)C(=O)NC(CC(=O)O)C(=O)NC(C)C(=O)NC(CCC(=O)O)C(=O)NC(Cc1ccccc1)C(=O)NC(CCCCNC(=O)c1ccc(N=Nc2ccc(N(C)C)cc2)cc1)C(=O)NC(CCCNC(=N)N)C(=O)O. The van der Waals surface area contributed by atoms with Crippen LogP contribution in [0, 0.1) is 22.7 Å². The van der Waals surface area contributed by atoms with Crippen molar-refractivity contribution in [2.45, 2.75) is 221 Å². The molecule has 0 aromatic heterocycles. The lowest BCUT2D eigenvalue weighted by atomic mass is 10.00. The molecule has 0 heterocycles. The minimum absolute atomic E-state index is 0.0298. The van der Waals surface area contributed by atoms with Gasteiger partial charge in [0.05, 0.1) is 30.3 Å². The number of nitrogens with one attached hydrogen (secondary N) is 18. The Morgan fingerprint density at radius 2 is 0.859 bits per heavy atom. The van der Waals surface area contributed by atoms with Crippen LogP contribution < -0.4 is 113 Å². The van der Waals surface area contributed by atoms with Crippen molar-refractivity contribution in [1.29, 1.82) is 10.8 Å². The predicted octanol–water partition coefficient (Wildman–Crippen LogP) is -1.21. The summed E-state index contributed by atoms with van der Waals surface area (Å²) in [6.07, 6.45) is -6.68. The lowest BCUT2D eigenvalue weighted by Crippen LogP contribution is -2.61. The van der Waals surface area contributed by atoms with Crippen LogP contribution in [0.4, 0.5) is 22.7 Å². The van der Waals surface area contributed by atoms with Crippen LogP contribution >= 0.6 is 0 Å². The van der Waals surface area contributed by atoms with Crippen molar-refractivity contribution in [3.05, 3.63) is 126 Å². The second-order valence-electron chi connectivity index (χ2n) is 34.2. The second-order valence-corrected chi connectivity index (χ2v) is 35.6. The maximum absolute atomic E-state index is 14.8. The molecule has 0 spiro atoms. The Kier molecular flexibility index (Phi) is 48.6. The first-order valence-electron chi connectivity index (χ1n) is 45.5. The van der Waals surface area contributed by atoms with E-state index in [1.165, 1.54) is 50.2 Å². The highest BCUT2D eigenvalue weighted by Crippen LogP contribution is 2.29. The minimum atomic E-state index is -4.60. The van der Waals surface area contributed by atoms with E-state index in [4.69, 9.17) is 33.8 Å². The molecule has 12 unspecified atom stereocenters. The number of anilines is 2. The maximum Gasteiger partial charge on any atom is 0.326 e. The molecule has 14 amide bonds. The van der Waals surface area contributed by atoms with Crippen molar-refractivity contribution >= 4 is 162 Å². The fraction of sp³-hybridized carbons (Fsp3) is 0.473. The summed E-state index contributed by atoms with van der Waals surface area (Å²) in [5.41, 5.74) is 25.6. The molecule has 774 valence electrons. The average molecular weight is 2010 g/mol. The second kappa shape index (κ2) is 59.0. The van der Waals surface area contributed by atoms with E-state index in [2.05, 4.69) is 95.3 Å². The number of unbranched alkanes of at least 4 members (excludes halogenated alkanes) is 1. The molecule has 31 N–H and O–H groups in total. The number of carbonyl (C=O) groups is 18. The summed E-state index contributed by atoms with van der Waals surface area (Å²) >= 11 is 0. The van der Waals surface area contributed by atoms with Crippen molar-refractivity contribution in [2.75, 3.05) is 57.0 Å². The van der Waals surface area contributed by atoms with Gasteiger partial charge in [-0.3, -0.25) is 96.9 Å². The molecule has 50 nitrogen and oxygen atoms in total. The molecule has 5 aromatic carbocycles. The largest absolute Gasteiger partial charge is 0.481 e. The zero-order valence-electron chi connectivity index (χ0n) is 79.6. The number of carboxylic acid groups (broad SMARTS) is 4. The van der Waals surface area contributed by atoms with Crippen LogP contribution in [0.25, 0.3) is 10.8 Å². The Hall–Kier alpha value is -15.6. The van der Waals surface area contributed by atoms with E-state index in [9.17, 15) is 120 Å². The van der Waals surface area contributed by atoms with Crippen molar-refractivity contribution in [2.24, 2.45) is 45.0 Å².